The van der Waals surface area contributed by atoms with E-state index in [1.165, 1.54) is 4.90 Å². The first-order valence-corrected chi connectivity index (χ1v) is 12.8. The molecule has 1 fully saturated rings. The average Bonchev–Trinajstić information content (AvgIpc) is 3.15. The lowest BCUT2D eigenvalue weighted by Gasteiger charge is -2.26. The molecule has 0 bridgehead atoms. The van der Waals surface area contributed by atoms with Crippen molar-refractivity contribution in [1.29, 1.82) is 0 Å². The molecule has 8 heteroatoms. The molecule has 1 atom stereocenters. The Morgan fingerprint density at radius 3 is 2.70 bits per heavy atom. The number of carbonyl (C=O) groups is 2. The van der Waals surface area contributed by atoms with Gasteiger partial charge in [0.25, 0.3) is 11.7 Å². The van der Waals surface area contributed by atoms with Crippen LogP contribution in [0.2, 0.25) is 0 Å². The molecule has 0 radical (unpaired) electrons. The van der Waals surface area contributed by atoms with Crippen LogP contribution < -0.4 is 14.2 Å². The summed E-state index contributed by atoms with van der Waals surface area (Å²) >= 11 is 0. The maximum absolute atomic E-state index is 13.4. The molecule has 2 aliphatic rings. The maximum Gasteiger partial charge on any atom is 0.295 e. The first-order valence-electron chi connectivity index (χ1n) is 12.8. The monoisotopic (exact) mass is 509 g/mol. The Kier molecular flexibility index (Phi) is 8.38. The van der Waals surface area contributed by atoms with Crippen LogP contribution in [-0.2, 0) is 20.7 Å². The standard InChI is InChI=1S/C29H35NO7/c1-5-35-24-17-20(9-12-23(24)34-4)26-25(28(32)29(33)30(26)13-7-15-36-18(2)3)27(31)21-10-11-22-19(16-21)8-6-14-37-22/h9-12,16-18,26,31H,5-8,13-15H2,1-4H3/b27-25+. The number of Topliss-reactive ketones (excluding diaryl/α,β-unsaturated/α-hetero) is 1. The molecular formula is C29H35NO7. The van der Waals surface area contributed by atoms with Gasteiger partial charge in [-0.2, -0.15) is 0 Å². The highest BCUT2D eigenvalue weighted by Gasteiger charge is 2.46. The van der Waals surface area contributed by atoms with Gasteiger partial charge in [0, 0.05) is 18.7 Å². The minimum Gasteiger partial charge on any atom is -0.507 e. The summed E-state index contributed by atoms with van der Waals surface area (Å²) in [5.41, 5.74) is 2.15. The second-order valence-corrected chi connectivity index (χ2v) is 9.38. The van der Waals surface area contributed by atoms with Crippen molar-refractivity contribution in [1.82, 2.24) is 4.90 Å². The van der Waals surface area contributed by atoms with E-state index in [1.807, 2.05) is 26.8 Å². The van der Waals surface area contributed by atoms with Crippen LogP contribution in [0.4, 0.5) is 0 Å². The van der Waals surface area contributed by atoms with Crippen LogP contribution in [0.15, 0.2) is 42.0 Å². The summed E-state index contributed by atoms with van der Waals surface area (Å²) in [5, 5.41) is 11.4. The first-order chi connectivity index (χ1) is 17.8. The topological polar surface area (TPSA) is 94.5 Å². The second-order valence-electron chi connectivity index (χ2n) is 9.38. The van der Waals surface area contributed by atoms with E-state index in [9.17, 15) is 14.7 Å². The van der Waals surface area contributed by atoms with Crippen molar-refractivity contribution in [2.75, 3.05) is 33.5 Å². The smallest absolute Gasteiger partial charge is 0.295 e. The summed E-state index contributed by atoms with van der Waals surface area (Å²) in [4.78, 5) is 28.1. The van der Waals surface area contributed by atoms with E-state index in [-0.39, 0.29) is 17.4 Å². The fourth-order valence-corrected chi connectivity index (χ4v) is 4.81. The summed E-state index contributed by atoms with van der Waals surface area (Å²) in [5.74, 6) is 0.263. The van der Waals surface area contributed by atoms with E-state index in [1.54, 1.807) is 37.4 Å². The molecule has 1 unspecified atom stereocenters. The number of rotatable bonds is 10. The highest BCUT2D eigenvalue weighted by atomic mass is 16.5. The van der Waals surface area contributed by atoms with Gasteiger partial charge in [-0.1, -0.05) is 6.07 Å². The summed E-state index contributed by atoms with van der Waals surface area (Å²) in [6.07, 6.45) is 2.31. The molecule has 0 aromatic heterocycles. The zero-order chi connectivity index (χ0) is 26.5. The molecule has 0 saturated carbocycles. The van der Waals surface area contributed by atoms with Gasteiger partial charge in [-0.05, 0) is 81.5 Å². The molecule has 1 amide bonds. The van der Waals surface area contributed by atoms with Gasteiger partial charge in [-0.25, -0.2) is 0 Å². The Bertz CT molecular complexity index is 1190. The number of nitrogens with zero attached hydrogens (tertiary/aromatic N) is 1. The molecule has 0 aliphatic carbocycles. The molecule has 1 N–H and O–H groups in total. The van der Waals surface area contributed by atoms with Crippen LogP contribution in [0.1, 0.15) is 56.3 Å². The molecule has 198 valence electrons. The quantitative estimate of drug-likeness (QED) is 0.216. The van der Waals surface area contributed by atoms with Crippen molar-refractivity contribution in [2.45, 2.75) is 52.2 Å². The van der Waals surface area contributed by atoms with Gasteiger partial charge in [0.15, 0.2) is 11.5 Å². The van der Waals surface area contributed by atoms with Crippen LogP contribution in [0.25, 0.3) is 5.76 Å². The van der Waals surface area contributed by atoms with E-state index in [0.717, 1.165) is 24.2 Å². The Hall–Kier alpha value is -3.52. The van der Waals surface area contributed by atoms with E-state index < -0.39 is 17.7 Å². The molecule has 37 heavy (non-hydrogen) atoms. The number of amides is 1. The summed E-state index contributed by atoms with van der Waals surface area (Å²) in [6.45, 7) is 7.59. The van der Waals surface area contributed by atoms with E-state index >= 15 is 0 Å². The Balaban J connectivity index is 1.78. The number of ether oxygens (including phenoxy) is 4. The zero-order valence-electron chi connectivity index (χ0n) is 21.9. The number of aliphatic hydroxyl groups excluding tert-OH is 1. The number of fused-ring (bicyclic) bond motifs is 1. The number of carbonyl (C=O) groups excluding carboxylic acids is 2. The van der Waals surface area contributed by atoms with Gasteiger partial charge in [0.2, 0.25) is 0 Å². The number of likely N-dealkylation sites (tertiary alicyclic amines) is 1. The highest BCUT2D eigenvalue weighted by molar-refractivity contribution is 6.46. The van der Waals surface area contributed by atoms with Crippen molar-refractivity contribution >= 4 is 17.4 Å². The highest BCUT2D eigenvalue weighted by Crippen LogP contribution is 2.42. The van der Waals surface area contributed by atoms with E-state index in [2.05, 4.69) is 0 Å². The Morgan fingerprint density at radius 1 is 1.16 bits per heavy atom. The van der Waals surface area contributed by atoms with Crippen LogP contribution in [0, 0.1) is 0 Å². The van der Waals surface area contributed by atoms with Gasteiger partial charge in [0.1, 0.15) is 11.5 Å². The fraction of sp³-hybridized carbons (Fsp3) is 0.448. The van der Waals surface area contributed by atoms with E-state index in [0.29, 0.717) is 55.4 Å². The SMILES string of the molecule is CCOc1cc(C2/C(=C(\O)c3ccc4c(c3)CCCO4)C(=O)C(=O)N2CCCOC(C)C)ccc1OC. The van der Waals surface area contributed by atoms with Gasteiger partial charge in [0.05, 0.1) is 38.0 Å². The molecule has 0 spiro atoms. The minimum absolute atomic E-state index is 0.0547. The minimum atomic E-state index is -0.781. The van der Waals surface area contributed by atoms with Gasteiger partial charge < -0.3 is 29.0 Å². The van der Waals surface area contributed by atoms with Crippen molar-refractivity contribution in [2.24, 2.45) is 0 Å². The normalized spacial score (nSPS) is 18.6. The van der Waals surface area contributed by atoms with Crippen LogP contribution >= 0.6 is 0 Å². The number of aliphatic hydroxyl groups is 1. The molecule has 2 heterocycles. The lowest BCUT2D eigenvalue weighted by atomic mass is 9.93. The van der Waals surface area contributed by atoms with Gasteiger partial charge in [-0.3, -0.25) is 9.59 Å². The third kappa shape index (κ3) is 5.59. The Labute approximate surface area is 217 Å². The predicted octanol–water partition coefficient (Wildman–Crippen LogP) is 4.66. The molecule has 1 saturated heterocycles. The average molecular weight is 510 g/mol. The maximum atomic E-state index is 13.4. The van der Waals surface area contributed by atoms with Crippen molar-refractivity contribution < 1.29 is 33.6 Å². The van der Waals surface area contributed by atoms with Gasteiger partial charge in [-0.15, -0.1) is 0 Å². The molecule has 2 aromatic carbocycles. The van der Waals surface area contributed by atoms with Crippen LogP contribution in [0.3, 0.4) is 0 Å². The number of ketones is 1. The molecular weight excluding hydrogens is 474 g/mol. The predicted molar refractivity (Wildman–Crippen MR) is 139 cm³/mol. The zero-order valence-corrected chi connectivity index (χ0v) is 21.9. The lowest BCUT2D eigenvalue weighted by molar-refractivity contribution is -0.140. The number of hydrogen-bond acceptors (Lipinski definition) is 7. The van der Waals surface area contributed by atoms with Crippen molar-refractivity contribution in [3.05, 3.63) is 58.7 Å². The molecule has 8 nitrogen and oxygen atoms in total. The van der Waals surface area contributed by atoms with Crippen LogP contribution in [0.5, 0.6) is 17.2 Å². The first kappa shape index (κ1) is 26.5. The Morgan fingerprint density at radius 2 is 1.97 bits per heavy atom. The molecule has 2 aromatic rings. The summed E-state index contributed by atoms with van der Waals surface area (Å²) in [7, 11) is 1.55. The van der Waals surface area contributed by atoms with Crippen LogP contribution in [-0.4, -0.2) is 61.3 Å². The third-order valence-corrected chi connectivity index (χ3v) is 6.52. The van der Waals surface area contributed by atoms with E-state index in [4.69, 9.17) is 18.9 Å². The lowest BCUT2D eigenvalue weighted by Crippen LogP contribution is -2.31. The summed E-state index contributed by atoms with van der Waals surface area (Å²) in [6, 6.07) is 9.90. The van der Waals surface area contributed by atoms with Gasteiger partial charge >= 0.3 is 0 Å². The molecule has 4 rings (SSSR count). The largest absolute Gasteiger partial charge is 0.507 e. The number of hydrogen-bond donors (Lipinski definition) is 1. The van der Waals surface area contributed by atoms with Crippen molar-refractivity contribution in [3.8, 4) is 17.2 Å². The number of methoxy groups -OCH3 is 1. The second kappa shape index (κ2) is 11.7. The molecule has 2 aliphatic heterocycles. The summed E-state index contributed by atoms with van der Waals surface area (Å²) < 4.78 is 22.5. The third-order valence-electron chi connectivity index (χ3n) is 6.52. The van der Waals surface area contributed by atoms with Crippen molar-refractivity contribution in [3.63, 3.8) is 0 Å². The number of benzene rings is 2. The number of aryl methyl sites for hydroxylation is 1. The fourth-order valence-electron chi connectivity index (χ4n) is 4.81.